The van der Waals surface area contributed by atoms with Gasteiger partial charge in [-0.15, -0.1) is 0 Å². The Morgan fingerprint density at radius 1 is 0.427 bits per heavy atom. The molecule has 1 saturated carbocycles. The number of rotatable bonds is 56. The zero-order valence-corrected chi connectivity index (χ0v) is 59.0. The second-order valence-corrected chi connectivity index (χ2v) is 27.8. The fourth-order valence-corrected chi connectivity index (χ4v) is 12.9. The van der Waals surface area contributed by atoms with Crippen LogP contribution in [-0.2, 0) is 61.2 Å². The third kappa shape index (κ3) is 36.2. The van der Waals surface area contributed by atoms with Crippen LogP contribution in [0, 0.1) is 0 Å². The van der Waals surface area contributed by atoms with Crippen molar-refractivity contribution in [3.8, 4) is 0 Å². The van der Waals surface area contributed by atoms with Crippen LogP contribution < -0.4 is 0 Å². The maximum Gasteiger partial charge on any atom is 0.472 e. The first kappa shape index (κ1) is 87.4. The number of unbranched alkanes of at least 4 members (excludes halogenated alkanes) is 32. The van der Waals surface area contributed by atoms with Gasteiger partial charge in [0.25, 0.3) is 0 Å². The molecule has 0 aromatic carbocycles. The predicted octanol–water partition coefficient (Wildman–Crippen LogP) is 9.51. The van der Waals surface area contributed by atoms with Gasteiger partial charge < -0.3 is 89.1 Å². The SMILES string of the molecule is CCCCCC/C=C\CCCCCCCCCC(=O)OCC1OC(OC2C(O)C(O)C(O)C(OC3OC(CO)C(O)C(O)C3O)C2OP(=O)(O)OCC(COC(=O)CCCCCCCCCCCCC)OC(=O)/C=C/C=C/CCCCCCCCCCCCC)C(O)C(O)C1O. The van der Waals surface area contributed by atoms with Gasteiger partial charge >= 0.3 is 25.7 Å². The molecule has 0 amide bonds. The molecule has 3 aliphatic rings. The lowest BCUT2D eigenvalue weighted by molar-refractivity contribution is -0.360. The van der Waals surface area contributed by atoms with E-state index >= 15 is 0 Å². The van der Waals surface area contributed by atoms with Gasteiger partial charge in [-0.1, -0.05) is 231 Å². The zero-order chi connectivity index (χ0) is 70.4. The van der Waals surface area contributed by atoms with Crippen molar-refractivity contribution in [3.05, 3.63) is 36.5 Å². The van der Waals surface area contributed by atoms with Crippen LogP contribution in [0.3, 0.4) is 0 Å². The van der Waals surface area contributed by atoms with Gasteiger partial charge in [0.05, 0.1) is 13.2 Å². The standard InChI is InChI=1S/C71H127O24P/c1-4-7-10-13-16-19-22-24-26-28-31-34-37-40-43-46-56(74)88-51-54-59(77)61(79)66(84)71(92-54)94-68-64(82)62(80)63(81)67(93-70-65(83)60(78)58(76)53(48-72)91-70)69(68)95-96(85,86)89-50-52(49-87-55(73)45-42-39-36-33-30-21-18-15-12-9-6-3)90-57(75)47-44-41-38-35-32-29-27-25-23-20-17-14-11-8-5-2/h19,22,38,41,44,47,52-54,58-72,76-84H,4-18,20-21,23-37,39-40,42-43,45-46,48-51H2,1-3H3,(H,85,86)/b22-19-,41-38+,47-44+. The minimum absolute atomic E-state index is 0.0195. The van der Waals surface area contributed by atoms with Crippen LogP contribution >= 0.6 is 7.82 Å². The van der Waals surface area contributed by atoms with Crippen molar-refractivity contribution in [2.45, 2.75) is 369 Å². The minimum Gasteiger partial charge on any atom is -0.463 e. The summed E-state index contributed by atoms with van der Waals surface area (Å²) in [6.45, 7) is 3.30. The number of hydrogen-bond donors (Lipinski definition) is 11. The van der Waals surface area contributed by atoms with Crippen LogP contribution in [0.4, 0.5) is 0 Å². The number of carbonyl (C=O) groups is 3. The maximum absolute atomic E-state index is 14.3. The molecule has 0 aromatic heterocycles. The highest BCUT2D eigenvalue weighted by Gasteiger charge is 2.58. The van der Waals surface area contributed by atoms with Crippen molar-refractivity contribution in [1.82, 2.24) is 0 Å². The summed E-state index contributed by atoms with van der Waals surface area (Å²) in [6.07, 6.45) is 14.4. The monoisotopic (exact) mass is 1390 g/mol. The first-order valence-corrected chi connectivity index (χ1v) is 38.3. The molecule has 96 heavy (non-hydrogen) atoms. The molecular formula is C71H127O24P. The Morgan fingerprint density at radius 2 is 0.802 bits per heavy atom. The third-order valence-electron chi connectivity index (χ3n) is 18.0. The summed E-state index contributed by atoms with van der Waals surface area (Å²) in [5.41, 5.74) is 0. The van der Waals surface area contributed by atoms with Gasteiger partial charge in [0, 0.05) is 18.9 Å². The van der Waals surface area contributed by atoms with Gasteiger partial charge in [-0.05, 0) is 51.4 Å². The van der Waals surface area contributed by atoms with Crippen LogP contribution in [0.15, 0.2) is 36.5 Å². The van der Waals surface area contributed by atoms with Gasteiger partial charge in [0.15, 0.2) is 18.7 Å². The van der Waals surface area contributed by atoms with E-state index in [0.29, 0.717) is 12.8 Å². The van der Waals surface area contributed by atoms with Crippen LogP contribution in [0.5, 0.6) is 0 Å². The van der Waals surface area contributed by atoms with Gasteiger partial charge in [0.1, 0.15) is 98.7 Å². The van der Waals surface area contributed by atoms with Crippen molar-refractivity contribution >= 4 is 25.7 Å². The van der Waals surface area contributed by atoms with Gasteiger partial charge in [-0.2, -0.15) is 0 Å². The summed E-state index contributed by atoms with van der Waals surface area (Å²) in [6, 6.07) is 0. The molecule has 11 N–H and O–H groups in total. The highest BCUT2D eigenvalue weighted by atomic mass is 31.2. The predicted molar refractivity (Wildman–Crippen MR) is 361 cm³/mol. The summed E-state index contributed by atoms with van der Waals surface area (Å²) < 4.78 is 64.7. The Labute approximate surface area is 572 Å². The van der Waals surface area contributed by atoms with E-state index in [4.69, 9.17) is 42.2 Å². The number of aliphatic hydroxyl groups excluding tert-OH is 10. The Kier molecular flexibility index (Phi) is 48.3. The number of allylic oxidation sites excluding steroid dienone is 5. The molecule has 24 nitrogen and oxygen atoms in total. The molecule has 3 rings (SSSR count). The quantitative estimate of drug-likeness (QED) is 0.00513. The van der Waals surface area contributed by atoms with Crippen molar-refractivity contribution in [2.24, 2.45) is 0 Å². The Hall–Kier alpha value is -2.82. The zero-order valence-electron chi connectivity index (χ0n) is 58.2. The van der Waals surface area contributed by atoms with E-state index in [2.05, 4.69) is 32.9 Å². The molecule has 3 fully saturated rings. The molecule has 2 heterocycles. The van der Waals surface area contributed by atoms with Crippen molar-refractivity contribution in [3.63, 3.8) is 0 Å². The fourth-order valence-electron chi connectivity index (χ4n) is 12.0. The normalized spacial score (nSPS) is 28.1. The summed E-state index contributed by atoms with van der Waals surface area (Å²) in [5, 5.41) is 110. The molecule has 1 aliphatic carbocycles. The third-order valence-corrected chi connectivity index (χ3v) is 19.0. The maximum atomic E-state index is 14.3. The lowest BCUT2D eigenvalue weighted by Crippen LogP contribution is -2.69. The molecule has 25 heteroatoms. The largest absolute Gasteiger partial charge is 0.472 e. The second-order valence-electron chi connectivity index (χ2n) is 26.4. The Bertz CT molecular complexity index is 2140. The number of phosphoric acid groups is 1. The lowest BCUT2D eigenvalue weighted by Gasteiger charge is -2.49. The van der Waals surface area contributed by atoms with E-state index in [1.165, 1.54) is 115 Å². The van der Waals surface area contributed by atoms with Crippen LogP contribution in [0.25, 0.3) is 0 Å². The van der Waals surface area contributed by atoms with Crippen molar-refractivity contribution in [2.75, 3.05) is 26.4 Å². The minimum atomic E-state index is -5.72. The number of esters is 3. The molecular weight excluding hydrogens is 1270 g/mol. The van der Waals surface area contributed by atoms with E-state index in [9.17, 15) is 74.9 Å². The molecule has 2 saturated heterocycles. The van der Waals surface area contributed by atoms with Gasteiger partial charge in [0.2, 0.25) is 0 Å². The fraction of sp³-hybridized carbons (Fsp3) is 0.873. The van der Waals surface area contributed by atoms with Gasteiger partial charge in [-0.25, -0.2) is 9.36 Å². The topological polar surface area (TPSA) is 374 Å². The van der Waals surface area contributed by atoms with Gasteiger partial charge in [-0.3, -0.25) is 18.6 Å². The average molecular weight is 1400 g/mol. The molecule has 0 bridgehead atoms. The first-order valence-electron chi connectivity index (χ1n) is 36.8. The number of hydrogen-bond acceptors (Lipinski definition) is 23. The average Bonchev–Trinajstić information content (AvgIpc) is 0.764. The highest BCUT2D eigenvalue weighted by Crippen LogP contribution is 2.49. The summed E-state index contributed by atoms with van der Waals surface area (Å²) >= 11 is 0. The number of carbonyl (C=O) groups excluding carboxylic acids is 3. The summed E-state index contributed by atoms with van der Waals surface area (Å²) in [7, 11) is -5.72. The Morgan fingerprint density at radius 3 is 1.25 bits per heavy atom. The van der Waals surface area contributed by atoms with Crippen molar-refractivity contribution in [1.29, 1.82) is 0 Å². The van der Waals surface area contributed by atoms with E-state index in [1.807, 2.05) is 6.08 Å². The molecule has 560 valence electrons. The van der Waals surface area contributed by atoms with E-state index in [1.54, 1.807) is 6.08 Å². The summed E-state index contributed by atoms with van der Waals surface area (Å²) in [5.74, 6) is -2.25. The lowest BCUT2D eigenvalue weighted by atomic mass is 9.84. The summed E-state index contributed by atoms with van der Waals surface area (Å²) in [4.78, 5) is 50.7. The first-order chi connectivity index (χ1) is 46.3. The van der Waals surface area contributed by atoms with Crippen LogP contribution in [-0.4, -0.2) is 204 Å². The molecule has 18 unspecified atom stereocenters. The second kappa shape index (κ2) is 53.1. The number of phosphoric ester groups is 1. The number of aliphatic hydroxyl groups is 10. The highest BCUT2D eigenvalue weighted by molar-refractivity contribution is 7.47. The smallest absolute Gasteiger partial charge is 0.463 e. The molecule has 0 radical (unpaired) electrons. The van der Waals surface area contributed by atoms with E-state index in [0.717, 1.165) is 115 Å². The molecule has 18 atom stereocenters. The van der Waals surface area contributed by atoms with E-state index < -0.39 is 156 Å². The van der Waals surface area contributed by atoms with Crippen molar-refractivity contribution < 1.29 is 117 Å². The van der Waals surface area contributed by atoms with Crippen LogP contribution in [0.2, 0.25) is 0 Å². The molecule has 0 aromatic rings. The number of ether oxygens (including phenoxy) is 7. The Balaban J connectivity index is 1.76. The van der Waals surface area contributed by atoms with Crippen LogP contribution in [0.1, 0.15) is 265 Å². The molecule has 2 aliphatic heterocycles. The van der Waals surface area contributed by atoms with E-state index in [-0.39, 0.29) is 12.8 Å². The molecule has 0 spiro atoms.